The third kappa shape index (κ3) is 5.52. The number of rotatable bonds is 9. The van der Waals surface area contributed by atoms with Gasteiger partial charge in [-0.25, -0.2) is 13.1 Å². The molecular formula is C20H27NO5S. The summed E-state index contributed by atoms with van der Waals surface area (Å²) in [6.07, 6.45) is -0.509. The van der Waals surface area contributed by atoms with Crippen molar-refractivity contribution in [1.82, 2.24) is 4.72 Å². The maximum Gasteiger partial charge on any atom is 0.244 e. The van der Waals surface area contributed by atoms with Crippen molar-refractivity contribution in [1.29, 1.82) is 0 Å². The standard InChI is InChI=1S/C20H27NO5S/c1-14-5-7-17(8-6-14)19(26-10-9-22)13-21-27(23,24)20-12-16(3)15(2)11-18(20)25-4/h5-8,11-12,19,21-22H,9-10,13H2,1-4H3/t19-/m0/s1. The smallest absolute Gasteiger partial charge is 0.244 e. The largest absolute Gasteiger partial charge is 0.495 e. The van der Waals surface area contributed by atoms with Crippen LogP contribution in [0.1, 0.15) is 28.4 Å². The van der Waals surface area contributed by atoms with Crippen molar-refractivity contribution in [3.63, 3.8) is 0 Å². The minimum Gasteiger partial charge on any atom is -0.495 e. The van der Waals surface area contributed by atoms with Gasteiger partial charge in [-0.1, -0.05) is 29.8 Å². The summed E-state index contributed by atoms with van der Waals surface area (Å²) < 4.78 is 39.2. The fourth-order valence-electron chi connectivity index (χ4n) is 2.64. The monoisotopic (exact) mass is 393 g/mol. The Morgan fingerprint density at radius 3 is 2.30 bits per heavy atom. The minimum atomic E-state index is -3.80. The van der Waals surface area contributed by atoms with Crippen LogP contribution in [-0.4, -0.2) is 40.4 Å². The second-order valence-electron chi connectivity index (χ2n) is 6.43. The van der Waals surface area contributed by atoms with E-state index in [-0.39, 0.29) is 24.7 Å². The average molecular weight is 394 g/mol. The van der Waals surface area contributed by atoms with Gasteiger partial charge in [0.15, 0.2) is 0 Å². The molecule has 0 bridgehead atoms. The Bertz CT molecular complexity index is 863. The summed E-state index contributed by atoms with van der Waals surface area (Å²) in [5.41, 5.74) is 3.75. The molecule has 0 saturated carbocycles. The number of hydrogen-bond donors (Lipinski definition) is 2. The fourth-order valence-corrected chi connectivity index (χ4v) is 3.91. The molecule has 148 valence electrons. The normalized spacial score (nSPS) is 12.8. The van der Waals surface area contributed by atoms with E-state index in [2.05, 4.69) is 4.72 Å². The van der Waals surface area contributed by atoms with Crippen LogP contribution in [0.15, 0.2) is 41.3 Å². The van der Waals surface area contributed by atoms with Crippen LogP contribution in [0.2, 0.25) is 0 Å². The zero-order chi connectivity index (χ0) is 20.0. The quantitative estimate of drug-likeness (QED) is 0.684. The van der Waals surface area contributed by atoms with Gasteiger partial charge in [0.1, 0.15) is 10.6 Å². The topological polar surface area (TPSA) is 84.9 Å². The van der Waals surface area contributed by atoms with Crippen LogP contribution in [0.4, 0.5) is 0 Å². The van der Waals surface area contributed by atoms with Crippen molar-refractivity contribution in [2.45, 2.75) is 31.8 Å². The zero-order valence-corrected chi connectivity index (χ0v) is 17.0. The van der Waals surface area contributed by atoms with E-state index in [9.17, 15) is 8.42 Å². The summed E-state index contributed by atoms with van der Waals surface area (Å²) in [5.74, 6) is 0.300. The lowest BCUT2D eigenvalue weighted by Crippen LogP contribution is -2.30. The lowest BCUT2D eigenvalue weighted by atomic mass is 10.1. The maximum absolute atomic E-state index is 12.8. The van der Waals surface area contributed by atoms with Crippen LogP contribution in [0.5, 0.6) is 5.75 Å². The van der Waals surface area contributed by atoms with Crippen LogP contribution < -0.4 is 9.46 Å². The third-order valence-electron chi connectivity index (χ3n) is 4.39. The highest BCUT2D eigenvalue weighted by Crippen LogP contribution is 2.27. The fraction of sp³-hybridized carbons (Fsp3) is 0.400. The van der Waals surface area contributed by atoms with Gasteiger partial charge >= 0.3 is 0 Å². The Morgan fingerprint density at radius 1 is 1.07 bits per heavy atom. The Kier molecular flexibility index (Phi) is 7.38. The molecule has 0 fully saturated rings. The molecule has 0 aliphatic carbocycles. The molecule has 0 aliphatic rings. The highest BCUT2D eigenvalue weighted by Gasteiger charge is 2.23. The molecule has 6 nitrogen and oxygen atoms in total. The van der Waals surface area contributed by atoms with E-state index in [0.29, 0.717) is 5.75 Å². The van der Waals surface area contributed by atoms with E-state index in [1.54, 1.807) is 12.1 Å². The molecule has 0 aliphatic heterocycles. The van der Waals surface area contributed by atoms with Gasteiger partial charge in [0, 0.05) is 6.54 Å². The summed E-state index contributed by atoms with van der Waals surface area (Å²) in [7, 11) is -2.35. The van der Waals surface area contributed by atoms with Gasteiger partial charge in [0.2, 0.25) is 10.0 Å². The van der Waals surface area contributed by atoms with Crippen molar-refractivity contribution < 1.29 is 23.0 Å². The first-order valence-electron chi connectivity index (χ1n) is 8.72. The second-order valence-corrected chi connectivity index (χ2v) is 8.17. The van der Waals surface area contributed by atoms with E-state index >= 15 is 0 Å². The number of aryl methyl sites for hydroxylation is 3. The molecular weight excluding hydrogens is 366 g/mol. The molecule has 0 spiro atoms. The molecule has 0 aromatic heterocycles. The first kappa shape index (κ1) is 21.4. The lowest BCUT2D eigenvalue weighted by Gasteiger charge is -2.20. The lowest BCUT2D eigenvalue weighted by molar-refractivity contribution is 0.0309. The molecule has 7 heteroatoms. The third-order valence-corrected chi connectivity index (χ3v) is 5.83. The number of aliphatic hydroxyl groups is 1. The number of ether oxygens (including phenoxy) is 2. The Balaban J connectivity index is 2.24. The maximum atomic E-state index is 12.8. The summed E-state index contributed by atoms with van der Waals surface area (Å²) >= 11 is 0. The zero-order valence-electron chi connectivity index (χ0n) is 16.2. The number of nitrogens with one attached hydrogen (secondary N) is 1. The molecule has 0 saturated heterocycles. The van der Waals surface area contributed by atoms with Gasteiger partial charge < -0.3 is 14.6 Å². The number of hydrogen-bond acceptors (Lipinski definition) is 5. The van der Waals surface area contributed by atoms with Crippen molar-refractivity contribution in [2.75, 3.05) is 26.9 Å². The summed E-state index contributed by atoms with van der Waals surface area (Å²) in [6.45, 7) is 5.75. The van der Waals surface area contributed by atoms with Gasteiger partial charge in [-0.15, -0.1) is 0 Å². The minimum absolute atomic E-state index is 0.0431. The number of methoxy groups -OCH3 is 1. The molecule has 0 heterocycles. The highest BCUT2D eigenvalue weighted by atomic mass is 32.2. The van der Waals surface area contributed by atoms with E-state index in [1.165, 1.54) is 7.11 Å². The number of benzene rings is 2. The van der Waals surface area contributed by atoms with Crippen LogP contribution in [0.3, 0.4) is 0 Å². The molecule has 2 rings (SSSR count). The Labute approximate surface area is 161 Å². The molecule has 0 radical (unpaired) electrons. The van der Waals surface area contributed by atoms with Crippen molar-refractivity contribution in [3.05, 3.63) is 58.7 Å². The molecule has 27 heavy (non-hydrogen) atoms. The van der Waals surface area contributed by atoms with Gasteiger partial charge in [-0.3, -0.25) is 0 Å². The van der Waals surface area contributed by atoms with Gasteiger partial charge in [0.25, 0.3) is 0 Å². The van der Waals surface area contributed by atoms with Gasteiger partial charge in [0.05, 0.1) is 26.4 Å². The summed E-state index contributed by atoms with van der Waals surface area (Å²) in [6, 6.07) is 11.0. The molecule has 2 aromatic rings. The predicted octanol–water partition coefficient (Wildman–Crippen LogP) is 2.65. The second kappa shape index (κ2) is 9.32. The predicted molar refractivity (Wildman–Crippen MR) is 105 cm³/mol. The van der Waals surface area contributed by atoms with E-state index in [0.717, 1.165) is 22.3 Å². The van der Waals surface area contributed by atoms with Crippen molar-refractivity contribution in [3.8, 4) is 5.75 Å². The van der Waals surface area contributed by atoms with Crippen LogP contribution >= 0.6 is 0 Å². The molecule has 0 amide bonds. The van der Waals surface area contributed by atoms with E-state index in [1.807, 2.05) is 45.0 Å². The first-order valence-corrected chi connectivity index (χ1v) is 10.2. The molecule has 1 atom stereocenters. The van der Waals surface area contributed by atoms with E-state index in [4.69, 9.17) is 14.6 Å². The van der Waals surface area contributed by atoms with Crippen LogP contribution in [-0.2, 0) is 14.8 Å². The molecule has 2 aromatic carbocycles. The number of sulfonamides is 1. The summed E-state index contributed by atoms with van der Waals surface area (Å²) in [4.78, 5) is 0.0953. The summed E-state index contributed by atoms with van der Waals surface area (Å²) in [5, 5.41) is 9.06. The highest BCUT2D eigenvalue weighted by molar-refractivity contribution is 7.89. The average Bonchev–Trinajstić information content (AvgIpc) is 2.64. The number of aliphatic hydroxyl groups excluding tert-OH is 1. The Hall–Kier alpha value is -1.93. The van der Waals surface area contributed by atoms with Gasteiger partial charge in [-0.05, 0) is 49.6 Å². The molecule has 0 unspecified atom stereocenters. The SMILES string of the molecule is COc1cc(C)c(C)cc1S(=O)(=O)NC[C@H](OCCO)c1ccc(C)cc1. The van der Waals surface area contributed by atoms with Gasteiger partial charge in [-0.2, -0.15) is 0 Å². The van der Waals surface area contributed by atoms with Crippen LogP contribution in [0, 0.1) is 20.8 Å². The Morgan fingerprint density at radius 2 is 1.70 bits per heavy atom. The first-order chi connectivity index (χ1) is 12.8. The van der Waals surface area contributed by atoms with Crippen molar-refractivity contribution in [2.24, 2.45) is 0 Å². The van der Waals surface area contributed by atoms with E-state index < -0.39 is 16.1 Å². The molecule has 2 N–H and O–H groups in total. The van der Waals surface area contributed by atoms with Crippen molar-refractivity contribution >= 4 is 10.0 Å². The van der Waals surface area contributed by atoms with Crippen LogP contribution in [0.25, 0.3) is 0 Å².